The van der Waals surface area contributed by atoms with Gasteiger partial charge in [0.25, 0.3) is 0 Å². The van der Waals surface area contributed by atoms with Crippen LogP contribution in [0.2, 0.25) is 0 Å². The van der Waals surface area contributed by atoms with Crippen LogP contribution in [0.4, 0.5) is 0 Å². The Morgan fingerprint density at radius 2 is 0.611 bits per heavy atom. The largest absolute Gasteiger partial charge is 0.0616 e. The SMILES string of the molecule is CC1(C)c2cc3c4c(cccc4c2-c2c1cc1ccc4c5c(cc6ccc2c1c64)C(C)(C)c1cc2c4c(cccc4c1-5)-c1ccccc1-2)-c1ccccc1-3. The van der Waals surface area contributed by atoms with Gasteiger partial charge in [-0.2, -0.15) is 0 Å². The van der Waals surface area contributed by atoms with Crippen LogP contribution in [-0.4, -0.2) is 0 Å². The molecule has 0 aliphatic heterocycles. The quantitative estimate of drug-likeness (QED) is 0.140. The molecule has 14 rings (SSSR count). The zero-order chi connectivity index (χ0) is 35.6. The van der Waals surface area contributed by atoms with Crippen molar-refractivity contribution in [1.29, 1.82) is 0 Å². The van der Waals surface area contributed by atoms with Crippen LogP contribution < -0.4 is 0 Å². The first-order chi connectivity index (χ1) is 26.3. The summed E-state index contributed by atoms with van der Waals surface area (Å²) in [5.41, 5.74) is 22.2. The van der Waals surface area contributed by atoms with Crippen molar-refractivity contribution in [2.24, 2.45) is 0 Å². The van der Waals surface area contributed by atoms with Gasteiger partial charge in [-0.1, -0.05) is 137 Å². The van der Waals surface area contributed by atoms with Gasteiger partial charge in [-0.05, 0) is 167 Å². The van der Waals surface area contributed by atoms with Crippen molar-refractivity contribution in [2.75, 3.05) is 0 Å². The van der Waals surface area contributed by atoms with Crippen LogP contribution in [0.3, 0.4) is 0 Å². The summed E-state index contributed by atoms with van der Waals surface area (Å²) in [5.74, 6) is 0. The molecule has 0 atom stereocenters. The molecule has 250 valence electrons. The standard InChI is InChI=1S/C54H34/c1-53(2)41-23-27-19-22-38-46-28(24-42-52(38)50-36-18-10-16-34-30-12-6-8-14-32(30)40(48(34)36)26-44(50)54(42,3)4)20-21-37(45(27)46)51(41)49-35-17-9-15-33-29-11-5-7-13-31(29)39(47(33)35)25-43(49)53/h5-26H,1-4H3. The average Bonchev–Trinajstić information content (AvgIpc) is 3.85. The highest BCUT2D eigenvalue weighted by Gasteiger charge is 2.43. The smallest absolute Gasteiger partial charge is 0.0159 e. The molecule has 0 spiro atoms. The fraction of sp³-hybridized carbons (Fsp3) is 0.111. The second-order valence-electron chi connectivity index (χ2n) is 17.5. The molecule has 54 heavy (non-hydrogen) atoms. The summed E-state index contributed by atoms with van der Waals surface area (Å²) in [4.78, 5) is 0. The van der Waals surface area contributed by atoms with E-state index in [-0.39, 0.29) is 10.8 Å². The van der Waals surface area contributed by atoms with Crippen molar-refractivity contribution < 1.29 is 0 Å². The minimum Gasteiger partial charge on any atom is -0.0616 e. The molecule has 0 unspecified atom stereocenters. The highest BCUT2D eigenvalue weighted by Crippen LogP contribution is 2.62. The first-order valence-electron chi connectivity index (χ1n) is 19.5. The van der Waals surface area contributed by atoms with Gasteiger partial charge in [0.05, 0.1) is 0 Å². The Labute approximate surface area is 313 Å². The Morgan fingerprint density at radius 1 is 0.278 bits per heavy atom. The van der Waals surface area contributed by atoms with E-state index >= 15 is 0 Å². The third-order valence-corrected chi connectivity index (χ3v) is 14.4. The van der Waals surface area contributed by atoms with E-state index < -0.39 is 0 Å². The van der Waals surface area contributed by atoms with Crippen LogP contribution in [0.5, 0.6) is 0 Å². The molecule has 0 radical (unpaired) electrons. The van der Waals surface area contributed by atoms with Gasteiger partial charge in [-0.3, -0.25) is 0 Å². The summed E-state index contributed by atoms with van der Waals surface area (Å²) in [6.07, 6.45) is 0. The van der Waals surface area contributed by atoms with Crippen LogP contribution >= 0.6 is 0 Å². The molecule has 10 aromatic rings. The highest BCUT2D eigenvalue weighted by molar-refractivity contribution is 6.32. The van der Waals surface area contributed by atoms with Gasteiger partial charge in [-0.15, -0.1) is 0 Å². The summed E-state index contributed by atoms with van der Waals surface area (Å²) in [5, 5.41) is 13.9. The monoisotopic (exact) mass is 682 g/mol. The van der Waals surface area contributed by atoms with Gasteiger partial charge in [0.2, 0.25) is 0 Å². The second-order valence-corrected chi connectivity index (χ2v) is 17.5. The fourth-order valence-corrected chi connectivity index (χ4v) is 12.0. The molecule has 0 N–H and O–H groups in total. The van der Waals surface area contributed by atoms with E-state index in [1.807, 2.05) is 0 Å². The zero-order valence-electron chi connectivity index (χ0n) is 30.7. The maximum atomic E-state index is 2.55. The Kier molecular flexibility index (Phi) is 4.59. The maximum Gasteiger partial charge on any atom is 0.0159 e. The normalized spacial score (nSPS) is 15.7. The Hall–Kier alpha value is -6.24. The average molecular weight is 683 g/mol. The van der Waals surface area contributed by atoms with Crippen molar-refractivity contribution in [1.82, 2.24) is 0 Å². The zero-order valence-corrected chi connectivity index (χ0v) is 30.7. The molecule has 4 aliphatic carbocycles. The number of rotatable bonds is 0. The fourth-order valence-electron chi connectivity index (χ4n) is 12.0. The van der Waals surface area contributed by atoms with E-state index in [0.717, 1.165) is 0 Å². The molecule has 0 nitrogen and oxygen atoms in total. The first kappa shape index (κ1) is 28.3. The van der Waals surface area contributed by atoms with Crippen molar-refractivity contribution in [3.63, 3.8) is 0 Å². The molecule has 0 saturated carbocycles. The molecule has 10 aromatic carbocycles. The van der Waals surface area contributed by atoms with Crippen LogP contribution in [0, 0.1) is 0 Å². The minimum absolute atomic E-state index is 0.129. The number of benzene rings is 10. The van der Waals surface area contributed by atoms with Gasteiger partial charge in [0, 0.05) is 10.8 Å². The summed E-state index contributed by atoms with van der Waals surface area (Å²) >= 11 is 0. The van der Waals surface area contributed by atoms with E-state index in [2.05, 4.69) is 161 Å². The van der Waals surface area contributed by atoms with E-state index in [1.54, 1.807) is 0 Å². The van der Waals surface area contributed by atoms with E-state index in [9.17, 15) is 0 Å². The predicted molar refractivity (Wildman–Crippen MR) is 229 cm³/mol. The van der Waals surface area contributed by atoms with Crippen molar-refractivity contribution in [3.8, 4) is 66.8 Å². The summed E-state index contributed by atoms with van der Waals surface area (Å²) in [6.45, 7) is 9.79. The lowest BCUT2D eigenvalue weighted by Gasteiger charge is -2.24. The Morgan fingerprint density at radius 3 is 1.02 bits per heavy atom. The topological polar surface area (TPSA) is 0 Å². The van der Waals surface area contributed by atoms with E-state index in [1.165, 1.54) is 143 Å². The molecule has 4 aliphatic rings. The van der Waals surface area contributed by atoms with E-state index in [0.29, 0.717) is 0 Å². The third kappa shape index (κ3) is 2.90. The van der Waals surface area contributed by atoms with E-state index in [4.69, 9.17) is 0 Å². The van der Waals surface area contributed by atoms with Crippen molar-refractivity contribution >= 4 is 53.9 Å². The lowest BCUT2D eigenvalue weighted by atomic mass is 9.78. The Bertz CT molecular complexity index is 3240. The predicted octanol–water partition coefficient (Wildman–Crippen LogP) is 14.8. The molecule has 0 amide bonds. The first-order valence-corrected chi connectivity index (χ1v) is 19.5. The van der Waals surface area contributed by atoms with Crippen LogP contribution in [0.15, 0.2) is 133 Å². The molecule has 0 saturated heterocycles. The van der Waals surface area contributed by atoms with Crippen LogP contribution in [-0.2, 0) is 10.8 Å². The number of hydrogen-bond acceptors (Lipinski definition) is 0. The molecule has 0 heteroatoms. The summed E-state index contributed by atoms with van der Waals surface area (Å²) in [6, 6.07) is 51.9. The summed E-state index contributed by atoms with van der Waals surface area (Å²) in [7, 11) is 0. The second kappa shape index (κ2) is 8.75. The molecule has 0 fully saturated rings. The lowest BCUT2D eigenvalue weighted by Crippen LogP contribution is -2.15. The highest BCUT2D eigenvalue weighted by atomic mass is 14.5. The number of fused-ring (bicyclic) bond motifs is 16. The lowest BCUT2D eigenvalue weighted by molar-refractivity contribution is 0.662. The number of hydrogen-bond donors (Lipinski definition) is 0. The summed E-state index contributed by atoms with van der Waals surface area (Å²) < 4.78 is 0. The molecular formula is C54H34. The molecule has 0 aromatic heterocycles. The van der Waals surface area contributed by atoms with Crippen molar-refractivity contribution in [3.05, 3.63) is 156 Å². The van der Waals surface area contributed by atoms with Gasteiger partial charge in [-0.25, -0.2) is 0 Å². The maximum absolute atomic E-state index is 2.55. The Balaban J connectivity index is 1.11. The van der Waals surface area contributed by atoms with Crippen molar-refractivity contribution in [2.45, 2.75) is 38.5 Å². The van der Waals surface area contributed by atoms with Crippen LogP contribution in [0.25, 0.3) is 121 Å². The molecule has 0 bridgehead atoms. The van der Waals surface area contributed by atoms with Crippen LogP contribution in [0.1, 0.15) is 49.9 Å². The van der Waals surface area contributed by atoms with Gasteiger partial charge in [0.1, 0.15) is 0 Å². The van der Waals surface area contributed by atoms with Gasteiger partial charge in [0.15, 0.2) is 0 Å². The minimum atomic E-state index is -0.129. The molecule has 0 heterocycles. The third-order valence-electron chi connectivity index (χ3n) is 14.4. The van der Waals surface area contributed by atoms with Gasteiger partial charge >= 0.3 is 0 Å². The molecular weight excluding hydrogens is 649 g/mol. The van der Waals surface area contributed by atoms with Gasteiger partial charge < -0.3 is 0 Å².